The Morgan fingerprint density at radius 3 is 2.62 bits per heavy atom. The Kier molecular flexibility index (Phi) is 6.92. The summed E-state index contributed by atoms with van der Waals surface area (Å²) in [5.41, 5.74) is 10.3. The molecule has 8 heteroatoms. The van der Waals surface area contributed by atoms with Crippen molar-refractivity contribution in [3.8, 4) is 11.5 Å². The van der Waals surface area contributed by atoms with Gasteiger partial charge in [-0.1, -0.05) is 17.7 Å². The highest BCUT2D eigenvalue weighted by atomic mass is 32.1. The molecule has 2 aromatic carbocycles. The average molecular weight is 372 g/mol. The summed E-state index contributed by atoms with van der Waals surface area (Å²) in [5.74, 6) is 0.667. The summed E-state index contributed by atoms with van der Waals surface area (Å²) < 4.78 is 10.8. The average Bonchev–Trinajstić information content (AvgIpc) is 2.62. The highest BCUT2D eigenvalue weighted by Crippen LogP contribution is 2.27. The molecular formula is C18H20N4O3S. The van der Waals surface area contributed by atoms with Crippen LogP contribution in [-0.2, 0) is 4.79 Å². The maximum atomic E-state index is 12.0. The van der Waals surface area contributed by atoms with Crippen molar-refractivity contribution in [2.45, 2.75) is 6.92 Å². The van der Waals surface area contributed by atoms with E-state index >= 15 is 0 Å². The summed E-state index contributed by atoms with van der Waals surface area (Å²) in [4.78, 5) is 12.0. The second-order valence-electron chi connectivity index (χ2n) is 5.35. The standard InChI is InChI=1S/C18H20N4O3S/c1-12-3-6-14(7-4-12)21-17(23)11-25-15-8-5-13(9-16(15)24-2)10-20-22-18(19)26/h3-10H,11H2,1-2H3,(H,21,23)(H3,19,22,26)/b20-10+. The van der Waals surface area contributed by atoms with Crippen molar-refractivity contribution < 1.29 is 14.3 Å². The number of carbonyl (C=O) groups excluding carboxylic acids is 1. The number of amides is 1. The fourth-order valence-electron chi connectivity index (χ4n) is 2.03. The summed E-state index contributed by atoms with van der Waals surface area (Å²) in [6, 6.07) is 12.7. The Hall–Kier alpha value is -3.13. The van der Waals surface area contributed by atoms with Gasteiger partial charge in [0.2, 0.25) is 0 Å². The topological polar surface area (TPSA) is 98.0 Å². The van der Waals surface area contributed by atoms with Gasteiger partial charge in [0.1, 0.15) is 0 Å². The van der Waals surface area contributed by atoms with E-state index in [0.29, 0.717) is 17.2 Å². The molecule has 0 aliphatic heterocycles. The van der Waals surface area contributed by atoms with Gasteiger partial charge in [0.15, 0.2) is 23.2 Å². The van der Waals surface area contributed by atoms with E-state index in [9.17, 15) is 4.79 Å². The monoisotopic (exact) mass is 372 g/mol. The second kappa shape index (κ2) is 9.38. The zero-order chi connectivity index (χ0) is 18.9. The van der Waals surface area contributed by atoms with E-state index in [1.807, 2.05) is 31.2 Å². The molecule has 0 atom stereocenters. The maximum Gasteiger partial charge on any atom is 0.262 e. The van der Waals surface area contributed by atoms with E-state index in [0.717, 1.165) is 11.1 Å². The quantitative estimate of drug-likeness (QED) is 0.392. The number of aryl methyl sites for hydroxylation is 1. The van der Waals surface area contributed by atoms with Crippen LogP contribution >= 0.6 is 12.2 Å². The smallest absolute Gasteiger partial charge is 0.262 e. The lowest BCUT2D eigenvalue weighted by molar-refractivity contribution is -0.118. The van der Waals surface area contributed by atoms with Crippen LogP contribution < -0.4 is 25.9 Å². The third-order valence-electron chi connectivity index (χ3n) is 3.27. The molecule has 2 aromatic rings. The highest BCUT2D eigenvalue weighted by Gasteiger charge is 2.08. The Bertz CT molecular complexity index is 807. The van der Waals surface area contributed by atoms with Gasteiger partial charge in [0.25, 0.3) is 5.91 Å². The number of hydrogen-bond donors (Lipinski definition) is 3. The van der Waals surface area contributed by atoms with Crippen molar-refractivity contribution >= 4 is 35.1 Å². The van der Waals surface area contributed by atoms with Crippen LogP contribution in [-0.4, -0.2) is 31.0 Å². The number of nitrogens with one attached hydrogen (secondary N) is 2. The lowest BCUT2D eigenvalue weighted by atomic mass is 10.2. The molecule has 2 rings (SSSR count). The summed E-state index contributed by atoms with van der Waals surface area (Å²) in [5, 5.41) is 6.72. The molecule has 0 aliphatic rings. The van der Waals surface area contributed by atoms with E-state index < -0.39 is 0 Å². The number of nitrogens with two attached hydrogens (primary N) is 1. The molecule has 0 unspecified atom stereocenters. The van der Waals surface area contributed by atoms with Gasteiger partial charge in [-0.3, -0.25) is 10.2 Å². The van der Waals surface area contributed by atoms with E-state index in [2.05, 4.69) is 28.1 Å². The van der Waals surface area contributed by atoms with E-state index in [1.54, 1.807) is 18.2 Å². The number of anilines is 1. The van der Waals surface area contributed by atoms with Gasteiger partial charge in [-0.25, -0.2) is 0 Å². The Morgan fingerprint density at radius 2 is 1.96 bits per heavy atom. The predicted molar refractivity (Wildman–Crippen MR) is 106 cm³/mol. The first-order chi connectivity index (χ1) is 12.5. The summed E-state index contributed by atoms with van der Waals surface area (Å²) >= 11 is 4.66. The lowest BCUT2D eigenvalue weighted by Crippen LogP contribution is -2.24. The fourth-order valence-corrected chi connectivity index (χ4v) is 2.08. The molecule has 0 fully saturated rings. The highest BCUT2D eigenvalue weighted by molar-refractivity contribution is 7.80. The predicted octanol–water partition coefficient (Wildman–Crippen LogP) is 2.19. The number of methoxy groups -OCH3 is 1. The minimum Gasteiger partial charge on any atom is -0.493 e. The zero-order valence-corrected chi connectivity index (χ0v) is 15.3. The summed E-state index contributed by atoms with van der Waals surface area (Å²) in [7, 11) is 1.52. The maximum absolute atomic E-state index is 12.0. The third-order valence-corrected chi connectivity index (χ3v) is 3.36. The van der Waals surface area contributed by atoms with Gasteiger partial charge in [-0.2, -0.15) is 5.10 Å². The van der Waals surface area contributed by atoms with Gasteiger partial charge in [-0.15, -0.1) is 0 Å². The van der Waals surface area contributed by atoms with Crippen molar-refractivity contribution in [1.82, 2.24) is 5.43 Å². The molecule has 0 saturated heterocycles. The minimum absolute atomic E-state index is 0.0766. The summed E-state index contributed by atoms with van der Waals surface area (Å²) in [6.45, 7) is 1.84. The molecule has 7 nitrogen and oxygen atoms in total. The normalized spacial score (nSPS) is 10.4. The third kappa shape index (κ3) is 6.06. The molecule has 0 heterocycles. The largest absolute Gasteiger partial charge is 0.493 e. The molecule has 0 radical (unpaired) electrons. The minimum atomic E-state index is -0.262. The number of rotatable bonds is 7. The Labute approximate surface area is 157 Å². The molecule has 0 spiro atoms. The van der Waals surface area contributed by atoms with Crippen LogP contribution in [0.25, 0.3) is 0 Å². The van der Waals surface area contributed by atoms with Crippen molar-refractivity contribution in [3.63, 3.8) is 0 Å². The fraction of sp³-hybridized carbons (Fsp3) is 0.167. The summed E-state index contributed by atoms with van der Waals surface area (Å²) in [6.07, 6.45) is 1.54. The van der Waals surface area contributed by atoms with Crippen LogP contribution in [0, 0.1) is 6.92 Å². The van der Waals surface area contributed by atoms with Crippen molar-refractivity contribution in [1.29, 1.82) is 0 Å². The van der Waals surface area contributed by atoms with E-state index in [1.165, 1.54) is 13.3 Å². The van der Waals surface area contributed by atoms with Crippen molar-refractivity contribution in [2.24, 2.45) is 10.8 Å². The van der Waals surface area contributed by atoms with Crippen molar-refractivity contribution in [3.05, 3.63) is 53.6 Å². The Morgan fingerprint density at radius 1 is 1.23 bits per heavy atom. The first-order valence-electron chi connectivity index (χ1n) is 7.74. The lowest BCUT2D eigenvalue weighted by Gasteiger charge is -2.11. The molecule has 0 saturated carbocycles. The molecule has 26 heavy (non-hydrogen) atoms. The van der Waals surface area contributed by atoms with Crippen LogP contribution in [0.1, 0.15) is 11.1 Å². The molecule has 1 amide bonds. The number of thiocarbonyl (C=S) groups is 1. The van der Waals surface area contributed by atoms with Crippen LogP contribution in [0.5, 0.6) is 11.5 Å². The van der Waals surface area contributed by atoms with E-state index in [4.69, 9.17) is 15.2 Å². The van der Waals surface area contributed by atoms with E-state index in [-0.39, 0.29) is 17.6 Å². The Balaban J connectivity index is 1.95. The number of hydrogen-bond acceptors (Lipinski definition) is 5. The SMILES string of the molecule is COc1cc(/C=N/NC(N)=S)ccc1OCC(=O)Nc1ccc(C)cc1. The van der Waals surface area contributed by atoms with Crippen LogP contribution in [0.3, 0.4) is 0 Å². The number of benzene rings is 2. The van der Waals surface area contributed by atoms with Crippen molar-refractivity contribution in [2.75, 3.05) is 19.0 Å². The first kappa shape index (κ1) is 19.2. The molecule has 0 aliphatic carbocycles. The van der Waals surface area contributed by atoms with Crippen LogP contribution in [0.4, 0.5) is 5.69 Å². The molecular weight excluding hydrogens is 352 g/mol. The molecule has 136 valence electrons. The first-order valence-corrected chi connectivity index (χ1v) is 8.14. The number of ether oxygens (including phenoxy) is 2. The molecule has 0 aromatic heterocycles. The van der Waals surface area contributed by atoms with Gasteiger partial charge in [-0.05, 0) is 55.0 Å². The molecule has 4 N–H and O–H groups in total. The zero-order valence-electron chi connectivity index (χ0n) is 14.5. The van der Waals surface area contributed by atoms with Crippen LogP contribution in [0.2, 0.25) is 0 Å². The molecule has 0 bridgehead atoms. The number of hydrazone groups is 1. The van der Waals surface area contributed by atoms with Gasteiger partial charge in [0.05, 0.1) is 13.3 Å². The second-order valence-corrected chi connectivity index (χ2v) is 5.79. The van der Waals surface area contributed by atoms with Gasteiger partial charge in [0, 0.05) is 5.69 Å². The van der Waals surface area contributed by atoms with Crippen LogP contribution in [0.15, 0.2) is 47.6 Å². The number of carbonyl (C=O) groups is 1. The number of nitrogens with zero attached hydrogens (tertiary/aromatic N) is 1. The van der Waals surface area contributed by atoms with Gasteiger partial charge < -0.3 is 20.5 Å². The van der Waals surface area contributed by atoms with Gasteiger partial charge >= 0.3 is 0 Å².